The summed E-state index contributed by atoms with van der Waals surface area (Å²) in [7, 11) is 5.57. The van der Waals surface area contributed by atoms with Crippen LogP contribution in [-0.4, -0.2) is 26.0 Å². The largest absolute Gasteiger partial charge is 0.393 e. The van der Waals surface area contributed by atoms with Gasteiger partial charge in [0.2, 0.25) is 0 Å². The van der Waals surface area contributed by atoms with Gasteiger partial charge in [-0.2, -0.15) is 0 Å². The van der Waals surface area contributed by atoms with Crippen LogP contribution in [0.25, 0.3) is 0 Å². The molecule has 0 amide bonds. The first kappa shape index (κ1) is 13.8. The maximum atomic E-state index is 4.11. The zero-order chi connectivity index (χ0) is 13.4. The number of azo groups is 1. The Kier molecular flexibility index (Phi) is 5.44. The highest BCUT2D eigenvalue weighted by Gasteiger charge is 1.96. The summed E-state index contributed by atoms with van der Waals surface area (Å²) in [6.07, 6.45) is 3.62. The van der Waals surface area contributed by atoms with Gasteiger partial charge in [-0.25, -0.2) is 0 Å². The minimum absolute atomic E-state index is 0.569. The van der Waals surface area contributed by atoms with Gasteiger partial charge in [-0.3, -0.25) is 0 Å². The van der Waals surface area contributed by atoms with Crippen molar-refractivity contribution in [3.8, 4) is 0 Å². The van der Waals surface area contributed by atoms with Gasteiger partial charge in [0, 0.05) is 39.2 Å². The van der Waals surface area contributed by atoms with E-state index in [1.165, 1.54) is 0 Å². The highest BCUT2D eigenvalue weighted by Crippen LogP contribution is 2.17. The van der Waals surface area contributed by atoms with E-state index >= 15 is 0 Å². The minimum Gasteiger partial charge on any atom is -0.393 e. The fourth-order valence-electron chi connectivity index (χ4n) is 1.15. The predicted molar refractivity (Wildman–Crippen MR) is 75.6 cm³/mol. The molecule has 0 bridgehead atoms. The summed E-state index contributed by atoms with van der Waals surface area (Å²) in [5, 5.41) is 14.1. The van der Waals surface area contributed by atoms with Gasteiger partial charge in [-0.05, 0) is 24.3 Å². The van der Waals surface area contributed by atoms with Gasteiger partial charge in [0.1, 0.15) is 5.82 Å². The van der Waals surface area contributed by atoms with E-state index in [9.17, 15) is 0 Å². The number of nitrogens with one attached hydrogen (secondary N) is 2. The van der Waals surface area contributed by atoms with Crippen LogP contribution >= 0.6 is 0 Å². The molecule has 1 aromatic rings. The molecule has 0 unspecified atom stereocenters. The van der Waals surface area contributed by atoms with Crippen LogP contribution in [0.5, 0.6) is 0 Å². The van der Waals surface area contributed by atoms with Crippen LogP contribution in [0, 0.1) is 0 Å². The number of nitrogens with zero attached hydrogens (tertiary/aromatic N) is 3. The molecular formula is C13H19N5. The molecule has 0 fully saturated rings. The molecule has 0 aliphatic carbocycles. The van der Waals surface area contributed by atoms with Crippen molar-refractivity contribution < 1.29 is 0 Å². The monoisotopic (exact) mass is 245 g/mol. The number of hydrogen-bond acceptors (Lipinski definition) is 5. The zero-order valence-electron chi connectivity index (χ0n) is 11.0. The van der Waals surface area contributed by atoms with Gasteiger partial charge >= 0.3 is 0 Å². The molecule has 0 saturated carbocycles. The summed E-state index contributed by atoms with van der Waals surface area (Å²) in [5.74, 6) is 0.569. The van der Waals surface area contributed by atoms with Crippen molar-refractivity contribution in [1.29, 1.82) is 0 Å². The Morgan fingerprint density at radius 1 is 1.28 bits per heavy atom. The van der Waals surface area contributed by atoms with Crippen LogP contribution in [0.3, 0.4) is 0 Å². The lowest BCUT2D eigenvalue weighted by Crippen LogP contribution is -2.08. The van der Waals surface area contributed by atoms with Gasteiger partial charge in [-0.1, -0.05) is 6.58 Å². The van der Waals surface area contributed by atoms with Crippen LogP contribution in [-0.2, 0) is 0 Å². The first-order valence-corrected chi connectivity index (χ1v) is 5.62. The third-order valence-electron chi connectivity index (χ3n) is 2.31. The van der Waals surface area contributed by atoms with Gasteiger partial charge in [-0.15, -0.1) is 10.2 Å². The second kappa shape index (κ2) is 7.11. The summed E-state index contributed by atoms with van der Waals surface area (Å²) >= 11 is 0. The van der Waals surface area contributed by atoms with E-state index in [-0.39, 0.29) is 0 Å². The van der Waals surface area contributed by atoms with E-state index in [2.05, 4.69) is 27.4 Å². The van der Waals surface area contributed by atoms with Crippen LogP contribution in [0.2, 0.25) is 0 Å². The van der Waals surface area contributed by atoms with Crippen molar-refractivity contribution in [2.75, 3.05) is 26.5 Å². The Labute approximate surface area is 108 Å². The molecule has 18 heavy (non-hydrogen) atoms. The van der Waals surface area contributed by atoms with Crippen molar-refractivity contribution in [3.05, 3.63) is 49.1 Å². The molecule has 0 radical (unpaired) electrons. The molecule has 0 heterocycles. The quantitative estimate of drug-likeness (QED) is 0.758. The van der Waals surface area contributed by atoms with E-state index in [1.54, 1.807) is 11.1 Å². The molecule has 2 N–H and O–H groups in total. The Morgan fingerprint density at radius 2 is 1.94 bits per heavy atom. The van der Waals surface area contributed by atoms with Crippen molar-refractivity contribution in [1.82, 2.24) is 10.2 Å². The molecule has 0 spiro atoms. The summed E-state index contributed by atoms with van der Waals surface area (Å²) < 4.78 is 0. The zero-order valence-corrected chi connectivity index (χ0v) is 11.0. The van der Waals surface area contributed by atoms with Crippen LogP contribution in [0.1, 0.15) is 0 Å². The average molecular weight is 245 g/mol. The normalized spacial score (nSPS) is 10.8. The van der Waals surface area contributed by atoms with Gasteiger partial charge < -0.3 is 15.5 Å². The van der Waals surface area contributed by atoms with E-state index in [0.717, 1.165) is 11.4 Å². The van der Waals surface area contributed by atoms with Crippen LogP contribution < -0.4 is 10.6 Å². The first-order valence-electron chi connectivity index (χ1n) is 5.62. The summed E-state index contributed by atoms with van der Waals surface area (Å²) in [6.45, 7) is 3.83. The molecule has 0 aliphatic rings. The second-order valence-corrected chi connectivity index (χ2v) is 3.63. The molecule has 0 aliphatic heterocycles. The predicted octanol–water partition coefficient (Wildman–Crippen LogP) is 2.91. The Balaban J connectivity index is 2.62. The van der Waals surface area contributed by atoms with Crippen LogP contribution in [0.15, 0.2) is 59.3 Å². The Hall–Kier alpha value is -2.30. The van der Waals surface area contributed by atoms with Crippen molar-refractivity contribution >= 4 is 11.4 Å². The molecular weight excluding hydrogens is 226 g/mol. The van der Waals surface area contributed by atoms with Gasteiger partial charge in [0.15, 0.2) is 0 Å². The van der Waals surface area contributed by atoms with E-state index in [4.69, 9.17) is 0 Å². The Morgan fingerprint density at radius 3 is 2.50 bits per heavy atom. The maximum absolute atomic E-state index is 4.11. The lowest BCUT2D eigenvalue weighted by Gasteiger charge is -2.11. The molecule has 0 aromatic heterocycles. The molecule has 5 heteroatoms. The molecule has 5 nitrogen and oxygen atoms in total. The fourth-order valence-corrected chi connectivity index (χ4v) is 1.15. The minimum atomic E-state index is 0.569. The van der Waals surface area contributed by atoms with E-state index < -0.39 is 0 Å². The average Bonchev–Trinajstić information content (AvgIpc) is 2.42. The number of rotatable bonds is 6. The third-order valence-corrected chi connectivity index (χ3v) is 2.31. The maximum Gasteiger partial charge on any atom is 0.147 e. The third kappa shape index (κ3) is 4.29. The van der Waals surface area contributed by atoms with E-state index in [1.807, 2.05) is 51.6 Å². The SMILES string of the molecule is C=C(/N=N/c1ccc(NC)cc1)N(C)/C=C\NC. The highest BCUT2D eigenvalue weighted by molar-refractivity contribution is 5.50. The highest BCUT2D eigenvalue weighted by atomic mass is 15.3. The van der Waals surface area contributed by atoms with Crippen molar-refractivity contribution in [2.24, 2.45) is 10.2 Å². The number of hydrogen-bond donors (Lipinski definition) is 2. The molecule has 0 saturated heterocycles. The lowest BCUT2D eigenvalue weighted by atomic mass is 10.3. The standard InChI is InChI=1S/C13H19N5/c1-11(18(4)10-9-14-2)16-17-13-7-5-12(15-3)6-8-13/h5-10,14-15H,1H2,2-4H3/b10-9-,17-16+. The molecule has 1 rings (SSSR count). The summed E-state index contributed by atoms with van der Waals surface area (Å²) in [4.78, 5) is 1.78. The van der Waals surface area contributed by atoms with Crippen molar-refractivity contribution in [3.63, 3.8) is 0 Å². The topological polar surface area (TPSA) is 52.0 Å². The second-order valence-electron chi connectivity index (χ2n) is 3.63. The Bertz CT molecular complexity index is 433. The summed E-state index contributed by atoms with van der Waals surface area (Å²) in [6, 6.07) is 7.68. The van der Waals surface area contributed by atoms with Gasteiger partial charge in [0.05, 0.1) is 5.69 Å². The number of benzene rings is 1. The smallest absolute Gasteiger partial charge is 0.147 e. The van der Waals surface area contributed by atoms with E-state index in [0.29, 0.717) is 5.82 Å². The van der Waals surface area contributed by atoms with Crippen LogP contribution in [0.4, 0.5) is 11.4 Å². The van der Waals surface area contributed by atoms with Crippen molar-refractivity contribution in [2.45, 2.75) is 0 Å². The first-order chi connectivity index (χ1) is 8.67. The molecule has 96 valence electrons. The fraction of sp³-hybridized carbons (Fsp3) is 0.231. The van der Waals surface area contributed by atoms with Gasteiger partial charge in [0.25, 0.3) is 0 Å². The molecule has 1 aromatic carbocycles. The molecule has 0 atom stereocenters. The number of anilines is 1. The summed E-state index contributed by atoms with van der Waals surface area (Å²) in [5.41, 5.74) is 1.84. The lowest BCUT2D eigenvalue weighted by molar-refractivity contribution is 0.553.